The van der Waals surface area contributed by atoms with Gasteiger partial charge in [-0.05, 0) is 38.1 Å². The molecule has 1 aromatic heterocycles. The highest BCUT2D eigenvalue weighted by Gasteiger charge is 2.38. The smallest absolute Gasteiger partial charge is 0.225 e. The van der Waals surface area contributed by atoms with Crippen molar-refractivity contribution in [3.8, 4) is 0 Å². The summed E-state index contributed by atoms with van der Waals surface area (Å²) in [5.74, 6) is -0.176. The van der Waals surface area contributed by atoms with E-state index in [1.807, 2.05) is 12.1 Å². The van der Waals surface area contributed by atoms with Crippen LogP contribution in [0.15, 0.2) is 24.5 Å². The van der Waals surface area contributed by atoms with Crippen molar-refractivity contribution in [2.45, 2.75) is 57.5 Å². The number of rotatable bonds is 7. The molecule has 2 amide bonds. The largest absolute Gasteiger partial charge is 0.354 e. The zero-order chi connectivity index (χ0) is 19.3. The van der Waals surface area contributed by atoms with Crippen LogP contribution in [-0.2, 0) is 16.1 Å². The van der Waals surface area contributed by atoms with Gasteiger partial charge < -0.3 is 10.2 Å². The second-order valence-electron chi connectivity index (χ2n) is 8.05. The average molecular weight is 373 g/mol. The van der Waals surface area contributed by atoms with Crippen molar-refractivity contribution in [1.29, 1.82) is 0 Å². The Hall–Kier alpha value is -1.95. The molecule has 0 radical (unpaired) electrons. The molecule has 2 heterocycles. The normalized spacial score (nSPS) is 22.3. The van der Waals surface area contributed by atoms with Crippen LogP contribution in [0.5, 0.6) is 0 Å². The second-order valence-corrected chi connectivity index (χ2v) is 8.05. The molecule has 1 N–H and O–H groups in total. The molecule has 1 aromatic rings. The molecule has 2 fully saturated rings. The zero-order valence-corrected chi connectivity index (χ0v) is 16.6. The molecule has 148 valence electrons. The number of likely N-dealkylation sites (tertiary alicyclic amines) is 1. The minimum atomic E-state index is -0.248. The van der Waals surface area contributed by atoms with Crippen LogP contribution in [0, 0.1) is 5.92 Å². The van der Waals surface area contributed by atoms with E-state index in [2.05, 4.69) is 29.2 Å². The number of aromatic nitrogens is 1. The zero-order valence-electron chi connectivity index (χ0n) is 16.6. The highest BCUT2D eigenvalue weighted by molar-refractivity contribution is 5.89. The molecule has 1 atom stereocenters. The predicted molar refractivity (Wildman–Crippen MR) is 105 cm³/mol. The van der Waals surface area contributed by atoms with Gasteiger partial charge in [-0.2, -0.15) is 0 Å². The van der Waals surface area contributed by atoms with Gasteiger partial charge in [-0.3, -0.25) is 19.5 Å². The Morgan fingerprint density at radius 1 is 1.37 bits per heavy atom. The number of pyridine rings is 1. The van der Waals surface area contributed by atoms with E-state index in [-0.39, 0.29) is 23.3 Å². The first-order chi connectivity index (χ1) is 13.0. The molecule has 2 aliphatic rings. The Balaban J connectivity index is 1.55. The summed E-state index contributed by atoms with van der Waals surface area (Å²) in [6.45, 7) is 4.86. The van der Waals surface area contributed by atoms with Crippen LogP contribution in [0.2, 0.25) is 0 Å². The average Bonchev–Trinajstić information content (AvgIpc) is 3.07. The van der Waals surface area contributed by atoms with E-state index in [0.29, 0.717) is 26.1 Å². The number of hydrogen-bond acceptors (Lipinski definition) is 4. The van der Waals surface area contributed by atoms with Crippen molar-refractivity contribution in [3.63, 3.8) is 0 Å². The fourth-order valence-corrected chi connectivity index (χ4v) is 4.45. The molecule has 6 heteroatoms. The molecule has 6 nitrogen and oxygen atoms in total. The van der Waals surface area contributed by atoms with Gasteiger partial charge >= 0.3 is 0 Å². The van der Waals surface area contributed by atoms with Gasteiger partial charge in [-0.25, -0.2) is 0 Å². The Kier molecular flexibility index (Phi) is 6.47. The summed E-state index contributed by atoms with van der Waals surface area (Å²) < 4.78 is 0. The van der Waals surface area contributed by atoms with Crippen molar-refractivity contribution in [2.75, 3.05) is 26.7 Å². The highest BCUT2D eigenvalue weighted by atomic mass is 16.2. The third-order valence-corrected chi connectivity index (χ3v) is 6.34. The van der Waals surface area contributed by atoms with E-state index < -0.39 is 0 Å². The SMILES string of the molecule is CCN(C)C1(CNC(=O)C2CC(=O)N(Cc3cccnc3)C2)CCCCC1. The molecule has 1 saturated heterocycles. The summed E-state index contributed by atoms with van der Waals surface area (Å²) in [5, 5.41) is 3.18. The van der Waals surface area contributed by atoms with Crippen molar-refractivity contribution >= 4 is 11.8 Å². The van der Waals surface area contributed by atoms with Crippen LogP contribution in [0.1, 0.15) is 51.0 Å². The van der Waals surface area contributed by atoms with Gasteiger partial charge in [0.15, 0.2) is 0 Å². The summed E-state index contributed by atoms with van der Waals surface area (Å²) in [7, 11) is 2.16. The van der Waals surface area contributed by atoms with Crippen molar-refractivity contribution in [2.24, 2.45) is 5.92 Å². The van der Waals surface area contributed by atoms with E-state index in [9.17, 15) is 9.59 Å². The molecular formula is C21H32N4O2. The minimum Gasteiger partial charge on any atom is -0.354 e. The van der Waals surface area contributed by atoms with Gasteiger partial charge in [0.25, 0.3) is 0 Å². The van der Waals surface area contributed by atoms with Gasteiger partial charge in [0.05, 0.1) is 5.92 Å². The summed E-state index contributed by atoms with van der Waals surface area (Å²) in [5.41, 5.74) is 1.07. The Morgan fingerprint density at radius 2 is 2.15 bits per heavy atom. The lowest BCUT2D eigenvalue weighted by Crippen LogP contribution is -2.55. The third-order valence-electron chi connectivity index (χ3n) is 6.34. The minimum absolute atomic E-state index is 0.0199. The van der Waals surface area contributed by atoms with Gasteiger partial charge in [0.1, 0.15) is 0 Å². The molecule has 0 spiro atoms. The maximum absolute atomic E-state index is 12.8. The summed E-state index contributed by atoms with van der Waals surface area (Å²) in [6.07, 6.45) is 9.80. The lowest BCUT2D eigenvalue weighted by atomic mass is 9.80. The second kappa shape index (κ2) is 8.83. The summed E-state index contributed by atoms with van der Waals surface area (Å²) >= 11 is 0. The molecule has 1 saturated carbocycles. The molecule has 1 aliphatic carbocycles. The van der Waals surface area contributed by atoms with Crippen LogP contribution >= 0.6 is 0 Å². The fraction of sp³-hybridized carbons (Fsp3) is 0.667. The van der Waals surface area contributed by atoms with E-state index in [1.165, 1.54) is 19.3 Å². The summed E-state index contributed by atoms with van der Waals surface area (Å²) in [6, 6.07) is 3.83. The van der Waals surface area contributed by atoms with Gasteiger partial charge in [0, 0.05) is 44.0 Å². The molecule has 0 aromatic carbocycles. The monoisotopic (exact) mass is 372 g/mol. The maximum atomic E-state index is 12.8. The molecule has 1 unspecified atom stereocenters. The standard InChI is InChI=1S/C21H32N4O2/c1-3-24(2)21(9-5-4-6-10-21)16-23-20(27)18-12-19(26)25(15-18)14-17-8-7-11-22-13-17/h7-8,11,13,18H,3-6,9-10,12,14-16H2,1-2H3,(H,23,27). The van der Waals surface area contributed by atoms with Gasteiger partial charge in [-0.15, -0.1) is 0 Å². The third kappa shape index (κ3) is 4.67. The van der Waals surface area contributed by atoms with Crippen molar-refractivity contribution < 1.29 is 9.59 Å². The molecular weight excluding hydrogens is 340 g/mol. The number of nitrogens with zero attached hydrogens (tertiary/aromatic N) is 3. The lowest BCUT2D eigenvalue weighted by Gasteiger charge is -2.44. The number of hydrogen-bond donors (Lipinski definition) is 1. The first kappa shape index (κ1) is 19.8. The quantitative estimate of drug-likeness (QED) is 0.797. The predicted octanol–water partition coefficient (Wildman–Crippen LogP) is 2.20. The lowest BCUT2D eigenvalue weighted by molar-refractivity contribution is -0.129. The van der Waals surface area contributed by atoms with Crippen molar-refractivity contribution in [3.05, 3.63) is 30.1 Å². The number of nitrogens with one attached hydrogen (secondary N) is 1. The Bertz CT molecular complexity index is 643. The van der Waals surface area contributed by atoms with Gasteiger partial charge in [0.2, 0.25) is 11.8 Å². The number of carbonyl (C=O) groups is 2. The number of carbonyl (C=O) groups excluding carboxylic acids is 2. The Labute approximate surface area is 162 Å². The topological polar surface area (TPSA) is 65.5 Å². The molecule has 27 heavy (non-hydrogen) atoms. The highest BCUT2D eigenvalue weighted by Crippen LogP contribution is 2.32. The van der Waals surface area contributed by atoms with Crippen LogP contribution < -0.4 is 5.32 Å². The molecule has 0 bridgehead atoms. The number of amides is 2. The maximum Gasteiger partial charge on any atom is 0.225 e. The Morgan fingerprint density at radius 3 is 2.81 bits per heavy atom. The van der Waals surface area contributed by atoms with Crippen molar-refractivity contribution in [1.82, 2.24) is 20.1 Å². The van der Waals surface area contributed by atoms with Crippen LogP contribution in [0.25, 0.3) is 0 Å². The molecule has 3 rings (SSSR count). The fourth-order valence-electron chi connectivity index (χ4n) is 4.45. The van der Waals surface area contributed by atoms with E-state index in [0.717, 1.165) is 24.9 Å². The van der Waals surface area contributed by atoms with Gasteiger partial charge in [-0.1, -0.05) is 32.3 Å². The first-order valence-electron chi connectivity index (χ1n) is 10.2. The van der Waals surface area contributed by atoms with E-state index >= 15 is 0 Å². The summed E-state index contributed by atoms with van der Waals surface area (Å²) in [4.78, 5) is 33.4. The number of likely N-dealkylation sites (N-methyl/N-ethyl adjacent to an activating group) is 1. The van der Waals surface area contributed by atoms with E-state index in [4.69, 9.17) is 0 Å². The van der Waals surface area contributed by atoms with E-state index in [1.54, 1.807) is 17.3 Å². The van der Waals surface area contributed by atoms with Crippen LogP contribution in [0.3, 0.4) is 0 Å². The first-order valence-corrected chi connectivity index (χ1v) is 10.2. The van der Waals surface area contributed by atoms with Crippen LogP contribution in [0.4, 0.5) is 0 Å². The molecule has 1 aliphatic heterocycles. The van der Waals surface area contributed by atoms with Crippen LogP contribution in [-0.4, -0.2) is 58.8 Å².